The number of carbonyl (C=O) groups is 1. The van der Waals surface area contributed by atoms with Gasteiger partial charge in [0.2, 0.25) is 5.91 Å². The Morgan fingerprint density at radius 3 is 2.38 bits per heavy atom. The number of aliphatic hydroxyl groups excluding tert-OH is 1. The SMILES string of the molecule is C[C@]1(Cc2ccc(Cl)cc2)Cc2cc(CCC(=O)NCc3ccc(CO)cc3)ccc2O1. The molecule has 3 aromatic carbocycles. The number of aliphatic hydroxyl groups is 1. The van der Waals surface area contributed by atoms with Crippen molar-refractivity contribution in [1.29, 1.82) is 0 Å². The number of hydrogen-bond acceptors (Lipinski definition) is 3. The van der Waals surface area contributed by atoms with Gasteiger partial charge in [-0.1, -0.05) is 60.1 Å². The molecule has 3 aromatic rings. The molecule has 4 nitrogen and oxygen atoms in total. The van der Waals surface area contributed by atoms with Gasteiger partial charge in [-0.3, -0.25) is 4.79 Å². The summed E-state index contributed by atoms with van der Waals surface area (Å²) >= 11 is 6.00. The molecule has 5 heteroatoms. The smallest absolute Gasteiger partial charge is 0.220 e. The minimum atomic E-state index is -0.280. The fraction of sp³-hybridized carbons (Fsp3) is 0.296. The van der Waals surface area contributed by atoms with Crippen LogP contribution in [0.25, 0.3) is 0 Å². The average Bonchev–Trinajstić information content (AvgIpc) is 3.13. The second kappa shape index (κ2) is 9.76. The van der Waals surface area contributed by atoms with Gasteiger partial charge in [-0.25, -0.2) is 0 Å². The monoisotopic (exact) mass is 449 g/mol. The molecule has 1 aliphatic heterocycles. The third-order valence-corrected chi connectivity index (χ3v) is 6.12. The van der Waals surface area contributed by atoms with Gasteiger partial charge < -0.3 is 15.2 Å². The third kappa shape index (κ3) is 5.70. The van der Waals surface area contributed by atoms with Gasteiger partial charge in [0.25, 0.3) is 0 Å². The number of ether oxygens (including phenoxy) is 1. The van der Waals surface area contributed by atoms with Crippen molar-refractivity contribution < 1.29 is 14.6 Å². The third-order valence-electron chi connectivity index (χ3n) is 5.87. The molecular formula is C27H28ClNO3. The summed E-state index contributed by atoms with van der Waals surface area (Å²) in [5.74, 6) is 0.960. The van der Waals surface area contributed by atoms with Crippen LogP contribution in [-0.4, -0.2) is 16.6 Å². The molecule has 166 valence electrons. The van der Waals surface area contributed by atoms with E-state index in [-0.39, 0.29) is 18.1 Å². The topological polar surface area (TPSA) is 58.6 Å². The van der Waals surface area contributed by atoms with Crippen molar-refractivity contribution in [3.63, 3.8) is 0 Å². The van der Waals surface area contributed by atoms with Crippen LogP contribution in [0.15, 0.2) is 66.7 Å². The molecule has 0 fully saturated rings. The van der Waals surface area contributed by atoms with Crippen LogP contribution in [0.2, 0.25) is 5.02 Å². The summed E-state index contributed by atoms with van der Waals surface area (Å²) in [6.45, 7) is 2.66. The lowest BCUT2D eigenvalue weighted by Crippen LogP contribution is -2.32. The summed E-state index contributed by atoms with van der Waals surface area (Å²) in [5.41, 5.74) is 5.15. The Labute approximate surface area is 194 Å². The van der Waals surface area contributed by atoms with E-state index in [1.807, 2.05) is 60.7 Å². The van der Waals surface area contributed by atoms with E-state index in [9.17, 15) is 4.79 Å². The lowest BCUT2D eigenvalue weighted by atomic mass is 9.91. The van der Waals surface area contributed by atoms with E-state index >= 15 is 0 Å². The zero-order valence-corrected chi connectivity index (χ0v) is 19.0. The van der Waals surface area contributed by atoms with E-state index in [1.54, 1.807) is 0 Å². The minimum absolute atomic E-state index is 0.0265. The molecule has 0 saturated carbocycles. The van der Waals surface area contributed by atoms with Gasteiger partial charge in [0.05, 0.1) is 6.61 Å². The number of amides is 1. The van der Waals surface area contributed by atoms with Crippen molar-refractivity contribution in [3.8, 4) is 5.75 Å². The number of carbonyl (C=O) groups excluding carboxylic acids is 1. The molecule has 0 unspecified atom stereocenters. The predicted molar refractivity (Wildman–Crippen MR) is 127 cm³/mol. The van der Waals surface area contributed by atoms with Gasteiger partial charge in [-0.05, 0) is 59.4 Å². The highest BCUT2D eigenvalue weighted by molar-refractivity contribution is 6.30. The first-order chi connectivity index (χ1) is 15.4. The highest BCUT2D eigenvalue weighted by Gasteiger charge is 2.35. The van der Waals surface area contributed by atoms with Crippen molar-refractivity contribution in [2.24, 2.45) is 0 Å². The molecule has 1 atom stereocenters. The number of hydrogen-bond donors (Lipinski definition) is 2. The van der Waals surface area contributed by atoms with Gasteiger partial charge in [-0.15, -0.1) is 0 Å². The second-order valence-corrected chi connectivity index (χ2v) is 9.16. The Balaban J connectivity index is 1.29. The number of benzene rings is 3. The fourth-order valence-electron chi connectivity index (χ4n) is 4.17. The van der Waals surface area contributed by atoms with E-state index in [1.165, 1.54) is 11.1 Å². The van der Waals surface area contributed by atoms with E-state index in [4.69, 9.17) is 21.4 Å². The molecule has 1 heterocycles. The van der Waals surface area contributed by atoms with Gasteiger partial charge in [0.1, 0.15) is 11.4 Å². The standard InChI is InChI=1S/C27H28ClNO3/c1-27(15-20-6-10-24(28)11-7-20)16-23-14-19(8-12-25(23)32-27)9-13-26(31)29-17-21-2-4-22(18-30)5-3-21/h2-8,10-12,14,30H,9,13,15-18H2,1H3,(H,29,31)/t27-/m0/s1. The minimum Gasteiger partial charge on any atom is -0.487 e. The van der Waals surface area contributed by atoms with Crippen molar-refractivity contribution >= 4 is 17.5 Å². The molecule has 0 radical (unpaired) electrons. The normalized spacial score (nSPS) is 17.0. The average molecular weight is 450 g/mol. The quantitative estimate of drug-likeness (QED) is 0.507. The van der Waals surface area contributed by atoms with Crippen LogP contribution in [-0.2, 0) is 37.2 Å². The lowest BCUT2D eigenvalue weighted by molar-refractivity contribution is -0.121. The van der Waals surface area contributed by atoms with Crippen LogP contribution >= 0.6 is 11.6 Å². The summed E-state index contributed by atoms with van der Waals surface area (Å²) in [6, 6.07) is 21.8. The first kappa shape index (κ1) is 22.4. The van der Waals surface area contributed by atoms with Crippen molar-refractivity contribution in [2.75, 3.05) is 0 Å². The first-order valence-corrected chi connectivity index (χ1v) is 11.3. The molecule has 4 rings (SSSR count). The zero-order chi connectivity index (χ0) is 22.6. The van der Waals surface area contributed by atoms with Crippen LogP contribution in [0.5, 0.6) is 5.75 Å². The largest absolute Gasteiger partial charge is 0.487 e. The molecule has 0 spiro atoms. The number of aryl methyl sites for hydroxylation is 1. The van der Waals surface area contributed by atoms with Crippen molar-refractivity contribution in [1.82, 2.24) is 5.32 Å². The Hall–Kier alpha value is -2.82. The van der Waals surface area contributed by atoms with Crippen LogP contribution < -0.4 is 10.1 Å². The summed E-state index contributed by atoms with van der Waals surface area (Å²) in [7, 11) is 0. The fourth-order valence-corrected chi connectivity index (χ4v) is 4.30. The lowest BCUT2D eigenvalue weighted by Gasteiger charge is -2.24. The van der Waals surface area contributed by atoms with Gasteiger partial charge in [-0.2, -0.15) is 0 Å². The van der Waals surface area contributed by atoms with Gasteiger partial charge in [0.15, 0.2) is 0 Å². The molecule has 1 aliphatic rings. The number of fused-ring (bicyclic) bond motifs is 1. The highest BCUT2D eigenvalue weighted by atomic mass is 35.5. The van der Waals surface area contributed by atoms with Crippen molar-refractivity contribution in [3.05, 3.63) is 99.6 Å². The van der Waals surface area contributed by atoms with E-state index in [0.29, 0.717) is 19.4 Å². The molecule has 1 amide bonds. The number of halogens is 1. The molecule has 0 saturated heterocycles. The van der Waals surface area contributed by atoms with Gasteiger partial charge >= 0.3 is 0 Å². The molecule has 0 bridgehead atoms. The maximum absolute atomic E-state index is 12.3. The highest BCUT2D eigenvalue weighted by Crippen LogP contribution is 2.37. The maximum atomic E-state index is 12.3. The van der Waals surface area contributed by atoms with E-state index in [2.05, 4.69) is 18.3 Å². The Kier molecular flexibility index (Phi) is 6.83. The second-order valence-electron chi connectivity index (χ2n) is 8.73. The molecule has 0 aromatic heterocycles. The molecule has 0 aliphatic carbocycles. The zero-order valence-electron chi connectivity index (χ0n) is 18.2. The van der Waals surface area contributed by atoms with Crippen LogP contribution in [0.4, 0.5) is 0 Å². The first-order valence-electron chi connectivity index (χ1n) is 10.9. The Morgan fingerprint density at radius 1 is 1.00 bits per heavy atom. The van der Waals surface area contributed by atoms with Crippen LogP contribution in [0.3, 0.4) is 0 Å². The maximum Gasteiger partial charge on any atom is 0.220 e. The summed E-state index contributed by atoms with van der Waals surface area (Å²) in [6.07, 6.45) is 2.79. The van der Waals surface area contributed by atoms with Crippen molar-refractivity contribution in [2.45, 2.75) is 51.4 Å². The number of rotatable bonds is 8. The molecule has 32 heavy (non-hydrogen) atoms. The Bertz CT molecular complexity index is 1080. The van der Waals surface area contributed by atoms with E-state index in [0.717, 1.165) is 40.3 Å². The summed E-state index contributed by atoms with van der Waals surface area (Å²) in [4.78, 5) is 12.3. The molecular weight excluding hydrogens is 422 g/mol. The van der Waals surface area contributed by atoms with Crippen LogP contribution in [0.1, 0.15) is 41.2 Å². The Morgan fingerprint density at radius 2 is 1.66 bits per heavy atom. The summed E-state index contributed by atoms with van der Waals surface area (Å²) in [5, 5.41) is 12.8. The van der Waals surface area contributed by atoms with E-state index < -0.39 is 0 Å². The predicted octanol–water partition coefficient (Wildman–Crippen LogP) is 5.02. The number of nitrogens with one attached hydrogen (secondary N) is 1. The van der Waals surface area contributed by atoms with Gasteiger partial charge in [0, 0.05) is 30.8 Å². The van der Waals surface area contributed by atoms with Crippen LogP contribution in [0, 0.1) is 0 Å². The summed E-state index contributed by atoms with van der Waals surface area (Å²) < 4.78 is 6.29. The molecule has 2 N–H and O–H groups in total.